The fourth-order valence-corrected chi connectivity index (χ4v) is 1.47. The van der Waals surface area contributed by atoms with Crippen molar-refractivity contribution in [2.24, 2.45) is 0 Å². The number of nitrogens with zero attached hydrogens (tertiary/aromatic N) is 2. The van der Waals surface area contributed by atoms with E-state index in [2.05, 4.69) is 10.3 Å². The number of halogens is 1. The molecular formula is C13H10FN3O. The molecule has 0 atom stereocenters. The van der Waals surface area contributed by atoms with Crippen LogP contribution in [0.4, 0.5) is 15.8 Å². The molecule has 1 aromatic carbocycles. The summed E-state index contributed by atoms with van der Waals surface area (Å²) in [6.45, 7) is 0. The monoisotopic (exact) mass is 243 g/mol. The van der Waals surface area contributed by atoms with E-state index in [9.17, 15) is 4.39 Å². The van der Waals surface area contributed by atoms with Crippen LogP contribution in [0.15, 0.2) is 36.5 Å². The maximum atomic E-state index is 13.2. The van der Waals surface area contributed by atoms with Crippen molar-refractivity contribution in [3.8, 4) is 11.9 Å². The molecule has 0 aliphatic carbocycles. The summed E-state index contributed by atoms with van der Waals surface area (Å²) in [4.78, 5) is 4.01. The van der Waals surface area contributed by atoms with Crippen molar-refractivity contribution in [2.75, 3.05) is 12.4 Å². The Kier molecular flexibility index (Phi) is 3.39. The van der Waals surface area contributed by atoms with E-state index in [4.69, 9.17) is 10.00 Å². The Morgan fingerprint density at radius 1 is 1.28 bits per heavy atom. The number of rotatable bonds is 3. The van der Waals surface area contributed by atoms with Gasteiger partial charge in [-0.2, -0.15) is 5.26 Å². The Hall–Kier alpha value is -2.61. The van der Waals surface area contributed by atoms with Gasteiger partial charge in [-0.1, -0.05) is 0 Å². The molecule has 1 N–H and O–H groups in total. The first-order valence-electron chi connectivity index (χ1n) is 5.19. The quantitative estimate of drug-likeness (QED) is 0.900. The second-order valence-electron chi connectivity index (χ2n) is 3.55. The highest BCUT2D eigenvalue weighted by Gasteiger charge is 2.01. The van der Waals surface area contributed by atoms with Crippen LogP contribution in [0.5, 0.6) is 5.88 Å². The van der Waals surface area contributed by atoms with E-state index < -0.39 is 5.82 Å². The summed E-state index contributed by atoms with van der Waals surface area (Å²) in [6, 6.07) is 9.39. The van der Waals surface area contributed by atoms with Gasteiger partial charge in [0.1, 0.15) is 5.82 Å². The molecule has 2 aromatic rings. The molecule has 5 heteroatoms. The van der Waals surface area contributed by atoms with Crippen LogP contribution in [0.3, 0.4) is 0 Å². The number of methoxy groups -OCH3 is 1. The Bertz CT molecular complexity index is 590. The average molecular weight is 243 g/mol. The Morgan fingerprint density at radius 3 is 2.72 bits per heavy atom. The highest BCUT2D eigenvalue weighted by molar-refractivity contribution is 5.61. The van der Waals surface area contributed by atoms with E-state index in [1.54, 1.807) is 24.4 Å². The zero-order valence-corrected chi connectivity index (χ0v) is 9.64. The first-order valence-corrected chi connectivity index (χ1v) is 5.19. The van der Waals surface area contributed by atoms with Gasteiger partial charge in [0.15, 0.2) is 0 Å². The number of hydrogen-bond acceptors (Lipinski definition) is 4. The third-order valence-corrected chi connectivity index (χ3v) is 2.26. The molecule has 0 saturated carbocycles. The first-order chi connectivity index (χ1) is 8.71. The van der Waals surface area contributed by atoms with Gasteiger partial charge in [0.05, 0.1) is 30.6 Å². The van der Waals surface area contributed by atoms with Gasteiger partial charge in [0.2, 0.25) is 5.88 Å². The number of ether oxygens (including phenoxy) is 1. The van der Waals surface area contributed by atoms with Gasteiger partial charge in [0.25, 0.3) is 0 Å². The molecule has 0 bridgehead atoms. The zero-order chi connectivity index (χ0) is 13.0. The van der Waals surface area contributed by atoms with Gasteiger partial charge in [-0.3, -0.25) is 0 Å². The molecule has 0 amide bonds. The first kappa shape index (κ1) is 11.9. The molecule has 2 rings (SSSR count). The molecular weight excluding hydrogens is 233 g/mol. The summed E-state index contributed by atoms with van der Waals surface area (Å²) in [6.07, 6.45) is 1.57. The van der Waals surface area contributed by atoms with Gasteiger partial charge in [-0.05, 0) is 24.3 Å². The topological polar surface area (TPSA) is 57.9 Å². The SMILES string of the molecule is COc1ccc(Nc2cc(F)cc(C#N)c2)cn1. The van der Waals surface area contributed by atoms with Crippen molar-refractivity contribution in [3.63, 3.8) is 0 Å². The molecule has 0 spiro atoms. The molecule has 1 aromatic heterocycles. The standard InChI is InChI=1S/C13H10FN3O/c1-18-13-3-2-11(8-16-13)17-12-5-9(7-15)4-10(14)6-12/h2-6,8,17H,1H3. The molecule has 90 valence electrons. The molecule has 0 saturated heterocycles. The van der Waals surface area contributed by atoms with E-state index in [1.807, 2.05) is 6.07 Å². The van der Waals surface area contributed by atoms with Crippen molar-refractivity contribution >= 4 is 11.4 Å². The molecule has 0 aliphatic heterocycles. The van der Waals surface area contributed by atoms with Crippen LogP contribution in [0.1, 0.15) is 5.56 Å². The van der Waals surface area contributed by atoms with Gasteiger partial charge in [-0.25, -0.2) is 9.37 Å². The molecule has 0 unspecified atom stereocenters. The third-order valence-electron chi connectivity index (χ3n) is 2.26. The summed E-state index contributed by atoms with van der Waals surface area (Å²) >= 11 is 0. The van der Waals surface area contributed by atoms with E-state index in [-0.39, 0.29) is 5.56 Å². The van der Waals surface area contributed by atoms with Gasteiger partial charge >= 0.3 is 0 Å². The normalized spacial score (nSPS) is 9.61. The lowest BCUT2D eigenvalue weighted by molar-refractivity contribution is 0.398. The second-order valence-corrected chi connectivity index (χ2v) is 3.55. The summed E-state index contributed by atoms with van der Waals surface area (Å²) in [5.74, 6) is 0.0375. The average Bonchev–Trinajstić information content (AvgIpc) is 2.39. The number of anilines is 2. The van der Waals surface area contributed by atoms with E-state index in [0.29, 0.717) is 17.3 Å². The third kappa shape index (κ3) is 2.74. The minimum Gasteiger partial charge on any atom is -0.481 e. The van der Waals surface area contributed by atoms with Crippen LogP contribution in [0.25, 0.3) is 0 Å². The van der Waals surface area contributed by atoms with Crippen LogP contribution in [-0.2, 0) is 0 Å². The van der Waals surface area contributed by atoms with E-state index in [1.165, 1.54) is 19.2 Å². The van der Waals surface area contributed by atoms with Crippen molar-refractivity contribution in [1.82, 2.24) is 4.98 Å². The number of aromatic nitrogens is 1. The largest absolute Gasteiger partial charge is 0.481 e. The predicted octanol–water partition coefficient (Wildman–Crippen LogP) is 2.84. The Balaban J connectivity index is 2.22. The van der Waals surface area contributed by atoms with Crippen molar-refractivity contribution in [2.45, 2.75) is 0 Å². The van der Waals surface area contributed by atoms with E-state index >= 15 is 0 Å². The number of benzene rings is 1. The molecule has 4 nitrogen and oxygen atoms in total. The minimum atomic E-state index is -0.460. The smallest absolute Gasteiger partial charge is 0.213 e. The summed E-state index contributed by atoms with van der Waals surface area (Å²) in [5, 5.41) is 11.7. The molecule has 0 radical (unpaired) electrons. The molecule has 1 heterocycles. The van der Waals surface area contributed by atoms with Crippen molar-refractivity contribution < 1.29 is 9.13 Å². The lowest BCUT2D eigenvalue weighted by atomic mass is 10.2. The number of pyridine rings is 1. The van der Waals surface area contributed by atoms with Gasteiger partial charge in [-0.15, -0.1) is 0 Å². The number of hydrogen-bond donors (Lipinski definition) is 1. The number of nitrogens with one attached hydrogen (secondary N) is 1. The van der Waals surface area contributed by atoms with Crippen molar-refractivity contribution in [3.05, 3.63) is 47.9 Å². The predicted molar refractivity (Wildman–Crippen MR) is 65.2 cm³/mol. The van der Waals surface area contributed by atoms with Crippen LogP contribution in [0, 0.1) is 17.1 Å². The highest BCUT2D eigenvalue weighted by atomic mass is 19.1. The molecule has 0 fully saturated rings. The summed E-state index contributed by atoms with van der Waals surface area (Å²) < 4.78 is 18.1. The highest BCUT2D eigenvalue weighted by Crippen LogP contribution is 2.19. The van der Waals surface area contributed by atoms with Crippen LogP contribution in [-0.4, -0.2) is 12.1 Å². The maximum Gasteiger partial charge on any atom is 0.213 e. The fourth-order valence-electron chi connectivity index (χ4n) is 1.47. The van der Waals surface area contributed by atoms with Crippen LogP contribution in [0.2, 0.25) is 0 Å². The van der Waals surface area contributed by atoms with Gasteiger partial charge in [0, 0.05) is 11.8 Å². The minimum absolute atomic E-state index is 0.263. The van der Waals surface area contributed by atoms with E-state index in [0.717, 1.165) is 0 Å². The van der Waals surface area contributed by atoms with Crippen LogP contribution >= 0.6 is 0 Å². The summed E-state index contributed by atoms with van der Waals surface area (Å²) in [7, 11) is 1.53. The lowest BCUT2D eigenvalue weighted by Crippen LogP contribution is -1.94. The molecule has 0 aliphatic rings. The van der Waals surface area contributed by atoms with Crippen molar-refractivity contribution in [1.29, 1.82) is 5.26 Å². The maximum absolute atomic E-state index is 13.2. The number of nitriles is 1. The summed E-state index contributed by atoms with van der Waals surface area (Å²) in [5.41, 5.74) is 1.45. The Morgan fingerprint density at radius 2 is 2.11 bits per heavy atom. The second kappa shape index (κ2) is 5.15. The Labute approximate surface area is 104 Å². The zero-order valence-electron chi connectivity index (χ0n) is 9.64. The van der Waals surface area contributed by atoms with Crippen LogP contribution < -0.4 is 10.1 Å². The molecule has 18 heavy (non-hydrogen) atoms. The van der Waals surface area contributed by atoms with Gasteiger partial charge < -0.3 is 10.1 Å². The fraction of sp³-hybridized carbons (Fsp3) is 0.0769. The lowest BCUT2D eigenvalue weighted by Gasteiger charge is -2.07.